The second-order valence-corrected chi connectivity index (χ2v) is 9.70. The summed E-state index contributed by atoms with van der Waals surface area (Å²) in [7, 11) is -14.0. The summed E-state index contributed by atoms with van der Waals surface area (Å²) in [5, 5.41) is 0. The first-order valence-corrected chi connectivity index (χ1v) is 12.4. The number of hydrogen-bond acceptors (Lipinski definition) is 9. The summed E-state index contributed by atoms with van der Waals surface area (Å²) >= 11 is 0. The predicted molar refractivity (Wildman–Crippen MR) is 103 cm³/mol. The summed E-state index contributed by atoms with van der Waals surface area (Å²) < 4.78 is 130. The van der Waals surface area contributed by atoms with Gasteiger partial charge in [0.15, 0.2) is 0 Å². The van der Waals surface area contributed by atoms with Crippen LogP contribution in [0.25, 0.3) is 0 Å². The molecule has 0 N–H and O–H groups in total. The molecule has 1 radical (unpaired) electrons. The molecule has 0 aliphatic carbocycles. The molecule has 0 amide bonds. The van der Waals surface area contributed by atoms with E-state index in [-0.39, 0.29) is 40.8 Å². The molecule has 34 heavy (non-hydrogen) atoms. The Morgan fingerprint density at radius 3 is 0.735 bits per heavy atom. The van der Waals surface area contributed by atoms with Crippen LogP contribution in [0.2, 0.25) is 0 Å². The van der Waals surface area contributed by atoms with Crippen molar-refractivity contribution in [3.8, 4) is 0 Å². The monoisotopic (exact) mass is 667 g/mol. The van der Waals surface area contributed by atoms with Crippen molar-refractivity contribution >= 4 is 30.4 Å². The van der Waals surface area contributed by atoms with Crippen LogP contribution in [-0.2, 0) is 30.4 Å². The summed E-state index contributed by atoms with van der Waals surface area (Å²) in [4.78, 5) is -2.42. The van der Waals surface area contributed by atoms with E-state index in [1.165, 1.54) is 36.4 Å². The third-order valence-electron chi connectivity index (χ3n) is 3.32. The van der Waals surface area contributed by atoms with E-state index < -0.39 is 62.5 Å². The largest absolute Gasteiger partial charge is 3.00 e. The van der Waals surface area contributed by atoms with Gasteiger partial charge in [-0.15, -0.1) is 0 Å². The molecule has 0 unspecified atom stereocenters. The quantitative estimate of drug-likeness (QED) is 0.379. The maximum atomic E-state index is 12.5. The molecule has 0 fully saturated rings. The second kappa shape index (κ2) is 13.6. The molecule has 0 aliphatic rings. The van der Waals surface area contributed by atoms with Gasteiger partial charge < -0.3 is 13.7 Å². The molecule has 0 saturated carbocycles. The molecule has 0 aliphatic heterocycles. The minimum absolute atomic E-state index is 0. The van der Waals surface area contributed by atoms with Crippen LogP contribution in [0, 0.1) is 58.3 Å². The van der Waals surface area contributed by atoms with Crippen molar-refractivity contribution in [2.45, 2.75) is 14.7 Å². The van der Waals surface area contributed by atoms with Crippen LogP contribution in [0.3, 0.4) is 0 Å². The van der Waals surface area contributed by atoms with Crippen LogP contribution in [0.5, 0.6) is 0 Å². The molecule has 3 aromatic rings. The first kappa shape index (κ1) is 32.5. The Morgan fingerprint density at radius 2 is 0.618 bits per heavy atom. The van der Waals surface area contributed by atoms with E-state index in [0.29, 0.717) is 0 Å². The molecule has 0 spiro atoms. The average molecular weight is 670 g/mol. The minimum Gasteiger partial charge on any atom is -0.744 e. The molecule has 3 aromatic carbocycles. The zero-order chi connectivity index (χ0) is 25.4. The first-order chi connectivity index (χ1) is 15.0. The predicted octanol–water partition coefficient (Wildman–Crippen LogP) is 2.19. The Bertz CT molecular complexity index is 1250. The molecule has 181 valence electrons. The first-order valence-electron chi connectivity index (χ1n) is 8.16. The van der Waals surface area contributed by atoms with Gasteiger partial charge in [0, 0.05) is 0 Å². The Labute approximate surface area is 226 Å². The van der Waals surface area contributed by atoms with E-state index in [9.17, 15) is 52.1 Å². The van der Waals surface area contributed by atoms with Crippen molar-refractivity contribution in [3.05, 3.63) is 90.2 Å². The number of hydrogen-bond donors (Lipinski definition) is 0. The summed E-state index contributed by atoms with van der Waals surface area (Å²) in [6.45, 7) is 0. The third kappa shape index (κ3) is 10.9. The summed E-state index contributed by atoms with van der Waals surface area (Å²) in [6, 6.07) is 13.3. The van der Waals surface area contributed by atoms with E-state index in [4.69, 9.17) is 0 Å². The van der Waals surface area contributed by atoms with Gasteiger partial charge in [-0.25, -0.2) is 38.4 Å². The smallest absolute Gasteiger partial charge is 0.744 e. The van der Waals surface area contributed by atoms with Crippen molar-refractivity contribution in [3.63, 3.8) is 0 Å². The molecule has 16 heteroatoms. The number of rotatable bonds is 3. The zero-order valence-electron chi connectivity index (χ0n) is 16.5. The summed E-state index contributed by atoms with van der Waals surface area (Å²) in [5.74, 6) is -3.03. The van der Waals surface area contributed by atoms with Crippen LogP contribution >= 0.6 is 0 Å². The zero-order valence-corrected chi connectivity index (χ0v) is 22.1. The molecule has 0 heterocycles. The molecular weight excluding hydrogens is 658 g/mol. The van der Waals surface area contributed by atoms with Gasteiger partial charge in [0.2, 0.25) is 0 Å². The van der Waals surface area contributed by atoms with Gasteiger partial charge in [-0.1, -0.05) is 36.4 Å². The van der Waals surface area contributed by atoms with Crippen LogP contribution in [0.1, 0.15) is 0 Å². The molecule has 0 bridgehead atoms. The molecule has 3 rings (SSSR count). The fourth-order valence-electron chi connectivity index (χ4n) is 1.94. The van der Waals surface area contributed by atoms with Crippen molar-refractivity contribution in [1.82, 2.24) is 0 Å². The topological polar surface area (TPSA) is 172 Å². The van der Waals surface area contributed by atoms with Crippen LogP contribution < -0.4 is 0 Å². The Kier molecular flexibility index (Phi) is 13.0. The molecule has 0 saturated heterocycles. The maximum absolute atomic E-state index is 12.5. The van der Waals surface area contributed by atoms with E-state index in [2.05, 4.69) is 0 Å². The summed E-state index contributed by atoms with van der Waals surface area (Å²) in [5.41, 5.74) is 0. The van der Waals surface area contributed by atoms with Gasteiger partial charge in [0.1, 0.15) is 47.8 Å². The normalized spacial score (nSPS) is 11.1. The van der Waals surface area contributed by atoms with Gasteiger partial charge in [0.05, 0.1) is 14.7 Å². The Balaban J connectivity index is 0.000000473. The average Bonchev–Trinajstić information content (AvgIpc) is 2.67. The van der Waals surface area contributed by atoms with Gasteiger partial charge in [-0.2, -0.15) is 0 Å². The fourth-order valence-corrected chi connectivity index (χ4v) is 3.60. The van der Waals surface area contributed by atoms with E-state index in [1.54, 1.807) is 0 Å². The standard InChI is InChI=1S/3C6H5FO3S.Nd/c3*7-5-3-1-2-4-6(5)11(8,9)10;/h3*1-4H,(H,8,9,10);/q;;;+3/p-3. The summed E-state index contributed by atoms with van der Waals surface area (Å²) in [6.07, 6.45) is 0. The van der Waals surface area contributed by atoms with Crippen LogP contribution in [0.4, 0.5) is 13.2 Å². The van der Waals surface area contributed by atoms with Crippen LogP contribution in [0.15, 0.2) is 87.5 Å². The fraction of sp³-hybridized carbons (Fsp3) is 0. The van der Waals surface area contributed by atoms with E-state index >= 15 is 0 Å². The van der Waals surface area contributed by atoms with E-state index in [0.717, 1.165) is 36.4 Å². The number of halogens is 3. The van der Waals surface area contributed by atoms with Gasteiger partial charge in [-0.3, -0.25) is 0 Å². The molecule has 0 atom stereocenters. The van der Waals surface area contributed by atoms with Crippen molar-refractivity contribution in [1.29, 1.82) is 0 Å². The molecular formula is C18H12F3NdO9S3. The van der Waals surface area contributed by atoms with Crippen LogP contribution in [-0.4, -0.2) is 38.9 Å². The van der Waals surface area contributed by atoms with Crippen molar-refractivity contribution < 1.29 is 92.9 Å². The maximum Gasteiger partial charge on any atom is 3.00 e. The SMILES string of the molecule is O=S(=O)([O-])c1ccccc1F.O=S(=O)([O-])c1ccccc1F.O=S(=O)([O-])c1ccccc1F.[Nd+3]. The molecule has 9 nitrogen and oxygen atoms in total. The minimum atomic E-state index is -4.66. The van der Waals surface area contributed by atoms with Gasteiger partial charge in [-0.05, 0) is 36.4 Å². The Hall–Kier alpha value is -1.47. The van der Waals surface area contributed by atoms with Crippen molar-refractivity contribution in [2.24, 2.45) is 0 Å². The third-order valence-corrected chi connectivity index (χ3v) is 5.93. The van der Waals surface area contributed by atoms with Crippen molar-refractivity contribution in [2.75, 3.05) is 0 Å². The number of benzene rings is 3. The Morgan fingerprint density at radius 1 is 0.441 bits per heavy atom. The van der Waals surface area contributed by atoms with Gasteiger partial charge in [0.25, 0.3) is 0 Å². The second-order valence-electron chi connectivity index (χ2n) is 5.65. The van der Waals surface area contributed by atoms with Gasteiger partial charge >= 0.3 is 40.8 Å². The molecule has 0 aromatic heterocycles. The van der Waals surface area contributed by atoms with E-state index in [1.807, 2.05) is 0 Å².